The monoisotopic (exact) mass is 378 g/mol. The average molecular weight is 378 g/mol. The number of nitrogens with one attached hydrogen (secondary N) is 2. The van der Waals surface area contributed by atoms with E-state index in [9.17, 15) is 13.2 Å². The van der Waals surface area contributed by atoms with Gasteiger partial charge < -0.3 is 14.8 Å². The number of sulfonamides is 1. The van der Waals surface area contributed by atoms with Gasteiger partial charge in [-0.05, 0) is 42.8 Å². The van der Waals surface area contributed by atoms with Crippen molar-refractivity contribution in [3.8, 4) is 5.75 Å². The van der Waals surface area contributed by atoms with E-state index in [1.807, 2.05) is 13.0 Å². The summed E-state index contributed by atoms with van der Waals surface area (Å²) >= 11 is 0. The van der Waals surface area contributed by atoms with Crippen LogP contribution < -0.4 is 14.8 Å². The molecule has 7 nitrogen and oxygen atoms in total. The van der Waals surface area contributed by atoms with Crippen LogP contribution in [0.4, 0.5) is 5.69 Å². The van der Waals surface area contributed by atoms with Crippen molar-refractivity contribution in [2.24, 2.45) is 0 Å². The molecule has 1 amide bonds. The molecule has 0 atom stereocenters. The number of methoxy groups -OCH3 is 2. The van der Waals surface area contributed by atoms with E-state index in [0.717, 1.165) is 5.56 Å². The van der Waals surface area contributed by atoms with Gasteiger partial charge in [0.2, 0.25) is 10.0 Å². The lowest BCUT2D eigenvalue weighted by Crippen LogP contribution is -2.27. The van der Waals surface area contributed by atoms with Crippen molar-refractivity contribution in [2.75, 3.05) is 32.7 Å². The van der Waals surface area contributed by atoms with Crippen molar-refractivity contribution in [1.82, 2.24) is 4.72 Å². The number of carbonyl (C=O) groups excluding carboxylic acids is 1. The van der Waals surface area contributed by atoms with Crippen molar-refractivity contribution < 1.29 is 22.7 Å². The molecule has 2 rings (SSSR count). The van der Waals surface area contributed by atoms with E-state index in [1.165, 1.54) is 32.4 Å². The Labute approximate surface area is 153 Å². The summed E-state index contributed by atoms with van der Waals surface area (Å²) in [5.74, 6) is 0.0943. The number of carbonyl (C=O) groups is 1. The van der Waals surface area contributed by atoms with Gasteiger partial charge in [0.1, 0.15) is 5.75 Å². The Kier molecular flexibility index (Phi) is 6.73. The third kappa shape index (κ3) is 5.04. The van der Waals surface area contributed by atoms with Crippen molar-refractivity contribution in [3.63, 3.8) is 0 Å². The zero-order chi connectivity index (χ0) is 19.2. The summed E-state index contributed by atoms with van der Waals surface area (Å²) in [6.07, 6.45) is 0. The summed E-state index contributed by atoms with van der Waals surface area (Å²) in [5, 5.41) is 2.75. The molecule has 0 aliphatic heterocycles. The average Bonchev–Trinajstić information content (AvgIpc) is 2.62. The topological polar surface area (TPSA) is 93.7 Å². The summed E-state index contributed by atoms with van der Waals surface area (Å²) < 4.78 is 37.0. The second-order valence-corrected chi connectivity index (χ2v) is 7.34. The summed E-state index contributed by atoms with van der Waals surface area (Å²) in [7, 11) is -0.718. The van der Waals surface area contributed by atoms with E-state index >= 15 is 0 Å². The van der Waals surface area contributed by atoms with Crippen LogP contribution in [0.3, 0.4) is 0 Å². The van der Waals surface area contributed by atoms with E-state index in [-0.39, 0.29) is 23.6 Å². The molecule has 0 spiro atoms. The van der Waals surface area contributed by atoms with Crippen LogP contribution in [0.1, 0.15) is 15.9 Å². The quantitative estimate of drug-likeness (QED) is 0.687. The minimum atomic E-state index is -3.72. The zero-order valence-electron chi connectivity index (χ0n) is 14.9. The molecule has 0 radical (unpaired) electrons. The number of hydrogen-bond donors (Lipinski definition) is 2. The van der Waals surface area contributed by atoms with Crippen LogP contribution in [0.5, 0.6) is 5.75 Å². The van der Waals surface area contributed by atoms with Crippen LogP contribution in [-0.2, 0) is 14.8 Å². The minimum absolute atomic E-state index is 0.0115. The van der Waals surface area contributed by atoms with E-state index in [1.54, 1.807) is 18.2 Å². The van der Waals surface area contributed by atoms with Gasteiger partial charge in [-0.15, -0.1) is 0 Å². The Morgan fingerprint density at radius 1 is 1.12 bits per heavy atom. The lowest BCUT2D eigenvalue weighted by atomic mass is 10.1. The third-order valence-electron chi connectivity index (χ3n) is 3.61. The number of ether oxygens (including phenoxy) is 2. The molecule has 8 heteroatoms. The maximum absolute atomic E-state index is 12.5. The van der Waals surface area contributed by atoms with Crippen LogP contribution in [0, 0.1) is 6.92 Å². The van der Waals surface area contributed by atoms with Gasteiger partial charge >= 0.3 is 0 Å². The fraction of sp³-hybridized carbons (Fsp3) is 0.278. The van der Waals surface area contributed by atoms with Crippen molar-refractivity contribution in [3.05, 3.63) is 53.6 Å². The lowest BCUT2D eigenvalue weighted by Gasteiger charge is -2.12. The Hall–Kier alpha value is -2.42. The predicted octanol–water partition coefficient (Wildman–Crippen LogP) is 2.18. The van der Waals surface area contributed by atoms with Crippen molar-refractivity contribution in [2.45, 2.75) is 11.8 Å². The third-order valence-corrected chi connectivity index (χ3v) is 5.07. The van der Waals surface area contributed by atoms with Gasteiger partial charge in [0.15, 0.2) is 0 Å². The highest BCUT2D eigenvalue weighted by Crippen LogP contribution is 2.26. The second kappa shape index (κ2) is 8.79. The molecular formula is C18H22N2O5S. The fourth-order valence-electron chi connectivity index (χ4n) is 2.28. The standard InChI is InChI=1S/C18H22N2O5S/c1-13-7-8-17(25-3)16(11-13)20-18(21)14-5-4-6-15(12-14)26(22,23)19-9-10-24-2/h4-8,11-12,19H,9-10H2,1-3H3,(H,20,21). The summed E-state index contributed by atoms with van der Waals surface area (Å²) in [4.78, 5) is 12.5. The van der Waals surface area contributed by atoms with E-state index in [4.69, 9.17) is 9.47 Å². The molecule has 140 valence electrons. The largest absolute Gasteiger partial charge is 0.495 e. The van der Waals surface area contributed by atoms with Crippen LogP contribution >= 0.6 is 0 Å². The molecule has 0 saturated carbocycles. The molecule has 0 unspecified atom stereocenters. The number of rotatable bonds is 8. The highest BCUT2D eigenvalue weighted by molar-refractivity contribution is 7.89. The lowest BCUT2D eigenvalue weighted by molar-refractivity contribution is 0.102. The Bertz CT molecular complexity index is 881. The zero-order valence-corrected chi connectivity index (χ0v) is 15.7. The molecule has 26 heavy (non-hydrogen) atoms. The van der Waals surface area contributed by atoms with Crippen LogP contribution in [0.25, 0.3) is 0 Å². The highest BCUT2D eigenvalue weighted by Gasteiger charge is 2.16. The number of amides is 1. The molecule has 0 aliphatic carbocycles. The maximum Gasteiger partial charge on any atom is 0.255 e. The first-order chi connectivity index (χ1) is 12.4. The van der Waals surface area contributed by atoms with Crippen LogP contribution in [0.15, 0.2) is 47.4 Å². The van der Waals surface area contributed by atoms with Crippen LogP contribution in [0.2, 0.25) is 0 Å². The molecule has 0 bridgehead atoms. The van der Waals surface area contributed by atoms with Gasteiger partial charge in [-0.3, -0.25) is 4.79 Å². The normalized spacial score (nSPS) is 11.2. The molecule has 2 aromatic rings. The van der Waals surface area contributed by atoms with Crippen molar-refractivity contribution >= 4 is 21.6 Å². The Morgan fingerprint density at radius 3 is 2.58 bits per heavy atom. The minimum Gasteiger partial charge on any atom is -0.495 e. The molecule has 2 aromatic carbocycles. The number of anilines is 1. The molecule has 0 aliphatic rings. The fourth-order valence-corrected chi connectivity index (χ4v) is 3.34. The first-order valence-corrected chi connectivity index (χ1v) is 9.40. The number of aryl methyl sites for hydroxylation is 1. The Morgan fingerprint density at radius 2 is 1.88 bits per heavy atom. The van der Waals surface area contributed by atoms with Gasteiger partial charge in [-0.25, -0.2) is 13.1 Å². The molecular weight excluding hydrogens is 356 g/mol. The highest BCUT2D eigenvalue weighted by atomic mass is 32.2. The van der Waals surface area contributed by atoms with Gasteiger partial charge in [0, 0.05) is 19.2 Å². The molecule has 0 fully saturated rings. The van der Waals surface area contributed by atoms with Gasteiger partial charge in [-0.1, -0.05) is 12.1 Å². The predicted molar refractivity (Wildman–Crippen MR) is 99.2 cm³/mol. The van der Waals surface area contributed by atoms with Gasteiger partial charge in [0.25, 0.3) is 5.91 Å². The summed E-state index contributed by atoms with van der Waals surface area (Å²) in [6.45, 7) is 2.30. The molecule has 0 heterocycles. The Balaban J connectivity index is 2.22. The van der Waals surface area contributed by atoms with Crippen molar-refractivity contribution in [1.29, 1.82) is 0 Å². The molecule has 0 aromatic heterocycles. The van der Waals surface area contributed by atoms with E-state index < -0.39 is 15.9 Å². The SMILES string of the molecule is COCCNS(=O)(=O)c1cccc(C(=O)Nc2cc(C)ccc2OC)c1. The number of benzene rings is 2. The first-order valence-electron chi connectivity index (χ1n) is 7.92. The summed E-state index contributed by atoms with van der Waals surface area (Å²) in [5.41, 5.74) is 1.70. The number of hydrogen-bond acceptors (Lipinski definition) is 5. The van der Waals surface area contributed by atoms with E-state index in [2.05, 4.69) is 10.0 Å². The molecule has 2 N–H and O–H groups in total. The van der Waals surface area contributed by atoms with Crippen LogP contribution in [-0.4, -0.2) is 41.7 Å². The van der Waals surface area contributed by atoms with Gasteiger partial charge in [0.05, 0.1) is 24.3 Å². The molecule has 0 saturated heterocycles. The summed E-state index contributed by atoms with van der Waals surface area (Å²) in [6, 6.07) is 11.2. The smallest absolute Gasteiger partial charge is 0.255 e. The maximum atomic E-state index is 12.5. The van der Waals surface area contributed by atoms with Gasteiger partial charge in [-0.2, -0.15) is 0 Å². The second-order valence-electron chi connectivity index (χ2n) is 5.58. The van der Waals surface area contributed by atoms with E-state index in [0.29, 0.717) is 11.4 Å². The first kappa shape index (κ1) is 19.9.